The molecule has 2 fully saturated rings. The number of likely N-dealkylation sites (tertiary alicyclic amines) is 2. The van der Waals surface area contributed by atoms with Crippen molar-refractivity contribution in [2.45, 2.75) is 57.1 Å². The number of rotatable bonds is 5. The molecular weight excluding hydrogens is 671 g/mol. The Bertz CT molecular complexity index is 1200. The van der Waals surface area contributed by atoms with Gasteiger partial charge in [0.1, 0.15) is 0 Å². The monoisotopic (exact) mass is 700 g/mol. The summed E-state index contributed by atoms with van der Waals surface area (Å²) >= 11 is 1.74. The largest absolute Gasteiger partial charge is 0.490 e. The van der Waals surface area contributed by atoms with Gasteiger partial charge in [-0.15, -0.1) is 11.3 Å². The smallest absolute Gasteiger partial charge is 0.475 e. The molecule has 46 heavy (non-hydrogen) atoms. The van der Waals surface area contributed by atoms with Gasteiger partial charge in [0, 0.05) is 69.6 Å². The number of piperidine rings is 1. The summed E-state index contributed by atoms with van der Waals surface area (Å²) in [5, 5.41) is 24.7. The summed E-state index contributed by atoms with van der Waals surface area (Å²) in [7, 11) is 1.87. The predicted octanol–water partition coefficient (Wildman–Crippen LogP) is 4.47. The maximum absolute atomic E-state index is 10.6. The zero-order valence-electron chi connectivity index (χ0n) is 23.9. The van der Waals surface area contributed by atoms with E-state index in [9.17, 15) is 39.5 Å². The molecule has 2 aliphatic rings. The number of carboxylic acids is 3. The van der Waals surface area contributed by atoms with Crippen molar-refractivity contribution in [3.8, 4) is 0 Å². The summed E-state index contributed by atoms with van der Waals surface area (Å²) < 4.78 is 101. The molecule has 11 nitrogen and oxygen atoms in total. The third-order valence-electron chi connectivity index (χ3n) is 6.27. The van der Waals surface area contributed by atoms with Gasteiger partial charge < -0.3 is 20.1 Å². The highest BCUT2D eigenvalue weighted by Gasteiger charge is 2.44. The molecule has 2 aliphatic heterocycles. The molecule has 260 valence electrons. The third-order valence-corrected chi connectivity index (χ3v) is 7.10. The topological polar surface area (TPSA) is 153 Å². The van der Waals surface area contributed by atoms with Crippen LogP contribution in [-0.2, 0) is 32.2 Å². The van der Waals surface area contributed by atoms with Crippen molar-refractivity contribution < 1.29 is 74.0 Å². The summed E-state index contributed by atoms with van der Waals surface area (Å²) in [4.78, 5) is 40.7. The van der Waals surface area contributed by atoms with Crippen molar-refractivity contribution in [3.63, 3.8) is 0 Å². The van der Waals surface area contributed by atoms with Crippen molar-refractivity contribution in [2.75, 3.05) is 26.7 Å². The van der Waals surface area contributed by atoms with Crippen LogP contribution in [0.5, 0.6) is 0 Å². The van der Waals surface area contributed by atoms with Gasteiger partial charge in [0.2, 0.25) is 0 Å². The van der Waals surface area contributed by atoms with Gasteiger partial charge in [0.15, 0.2) is 0 Å². The van der Waals surface area contributed by atoms with E-state index in [0.29, 0.717) is 18.1 Å². The number of ether oxygens (including phenoxy) is 1. The number of hydrogen-bond donors (Lipinski definition) is 3. The number of fused-ring (bicyclic) bond motifs is 1. The lowest BCUT2D eigenvalue weighted by Crippen LogP contribution is -2.50. The van der Waals surface area contributed by atoms with Crippen LogP contribution in [-0.4, -0.2) is 110 Å². The highest BCUT2D eigenvalue weighted by atomic mass is 32.1. The summed E-state index contributed by atoms with van der Waals surface area (Å²) in [6.45, 7) is 7.35. The van der Waals surface area contributed by atoms with E-state index in [4.69, 9.17) is 34.4 Å². The first kappa shape index (κ1) is 40.5. The van der Waals surface area contributed by atoms with Gasteiger partial charge in [-0.1, -0.05) is 0 Å². The van der Waals surface area contributed by atoms with E-state index in [0.717, 1.165) is 44.2 Å². The first-order chi connectivity index (χ1) is 21.1. The van der Waals surface area contributed by atoms with Crippen LogP contribution in [0, 0.1) is 12.8 Å². The second kappa shape index (κ2) is 17.4. The molecule has 0 radical (unpaired) electrons. The zero-order chi connectivity index (χ0) is 35.5. The second-order valence-electron chi connectivity index (χ2n) is 9.58. The fraction of sp³-hybridized carbons (Fsp3) is 0.560. The summed E-state index contributed by atoms with van der Waals surface area (Å²) in [5.41, 5.74) is 2.55. The molecule has 2 saturated heterocycles. The number of aryl methyl sites for hydroxylation is 1. The third kappa shape index (κ3) is 14.3. The number of carbonyl (C=O) groups is 3. The molecule has 3 atom stereocenters. The van der Waals surface area contributed by atoms with Crippen LogP contribution >= 0.6 is 11.3 Å². The molecule has 0 aliphatic carbocycles. The number of pyridine rings is 1. The van der Waals surface area contributed by atoms with Crippen LogP contribution in [0.3, 0.4) is 0 Å². The molecule has 0 bridgehead atoms. The van der Waals surface area contributed by atoms with Gasteiger partial charge in [-0.05, 0) is 31.0 Å². The SMILES string of the molecule is CO[C@@H]1CCN(Cc2ccncc2)[C@@H]2CN(Cc3csc(C)n3)C[C@@H]21.O=C(O)C(F)(F)F.O=C(O)C(F)(F)F.O=C(O)C(F)(F)F. The van der Waals surface area contributed by atoms with Crippen molar-refractivity contribution >= 4 is 29.2 Å². The van der Waals surface area contributed by atoms with E-state index < -0.39 is 36.4 Å². The van der Waals surface area contributed by atoms with Gasteiger partial charge >= 0.3 is 36.4 Å². The molecule has 0 unspecified atom stereocenters. The minimum Gasteiger partial charge on any atom is -0.475 e. The van der Waals surface area contributed by atoms with Crippen LogP contribution in [0.25, 0.3) is 0 Å². The lowest BCUT2D eigenvalue weighted by molar-refractivity contribution is -0.193. The minimum atomic E-state index is -5.08. The van der Waals surface area contributed by atoms with Crippen LogP contribution < -0.4 is 0 Å². The Morgan fingerprint density at radius 3 is 1.76 bits per heavy atom. The maximum atomic E-state index is 10.6. The number of aliphatic carboxylic acids is 3. The molecule has 2 aromatic rings. The van der Waals surface area contributed by atoms with Crippen LogP contribution in [0.15, 0.2) is 29.9 Å². The lowest BCUT2D eigenvalue weighted by atomic mass is 9.88. The summed E-state index contributed by atoms with van der Waals surface area (Å²) in [5.74, 6) is -7.69. The molecular formula is C25H29F9N4O7S. The average Bonchev–Trinajstić information content (AvgIpc) is 3.55. The number of hydrogen-bond acceptors (Lipinski definition) is 9. The van der Waals surface area contributed by atoms with Gasteiger partial charge in [-0.3, -0.25) is 14.8 Å². The molecule has 0 saturated carbocycles. The van der Waals surface area contributed by atoms with Crippen LogP contribution in [0.4, 0.5) is 39.5 Å². The number of alkyl halides is 9. The van der Waals surface area contributed by atoms with E-state index in [1.165, 1.54) is 11.3 Å². The fourth-order valence-electron chi connectivity index (χ4n) is 4.37. The van der Waals surface area contributed by atoms with E-state index in [-0.39, 0.29) is 0 Å². The number of methoxy groups -OCH3 is 1. The average molecular weight is 701 g/mol. The molecule has 0 amide bonds. The van der Waals surface area contributed by atoms with Gasteiger partial charge in [0.05, 0.1) is 16.8 Å². The second-order valence-corrected chi connectivity index (χ2v) is 10.6. The van der Waals surface area contributed by atoms with Gasteiger partial charge in [-0.2, -0.15) is 39.5 Å². The Labute approximate surface area is 259 Å². The quantitative estimate of drug-likeness (QED) is 0.379. The first-order valence-corrected chi connectivity index (χ1v) is 13.6. The number of halogens is 9. The van der Waals surface area contributed by atoms with E-state index in [1.54, 1.807) is 11.3 Å². The number of nitrogens with zero attached hydrogens (tertiary/aromatic N) is 4. The Balaban J connectivity index is 0.000000413. The molecule has 2 aromatic heterocycles. The van der Waals surface area contributed by atoms with Crippen LogP contribution in [0.2, 0.25) is 0 Å². The van der Waals surface area contributed by atoms with Crippen LogP contribution in [0.1, 0.15) is 22.7 Å². The Kier molecular flexibility index (Phi) is 15.3. The van der Waals surface area contributed by atoms with Crippen molar-refractivity contribution in [1.29, 1.82) is 0 Å². The Morgan fingerprint density at radius 2 is 1.37 bits per heavy atom. The Hall–Kier alpha value is -3.56. The standard InChI is InChI=1S/C19H26N4OS.3C2HF3O2/c1-14-21-16(13-25-14)10-22-11-17-18(12-22)23(8-5-19(17)24-2)9-15-3-6-20-7-4-15;3*3-2(4,5)1(6)7/h3-4,6-7,13,17-19H,5,8-12H2,1-2H3;3*(H,6,7)/t17-,18+,19+;;;/m0.../s1. The molecule has 0 aromatic carbocycles. The van der Waals surface area contributed by atoms with Gasteiger partial charge in [0.25, 0.3) is 0 Å². The highest BCUT2D eigenvalue weighted by molar-refractivity contribution is 7.09. The number of thiazole rings is 1. The van der Waals surface area contributed by atoms with Gasteiger partial charge in [-0.25, -0.2) is 19.4 Å². The highest BCUT2D eigenvalue weighted by Crippen LogP contribution is 2.34. The first-order valence-electron chi connectivity index (χ1n) is 12.8. The molecule has 3 N–H and O–H groups in total. The fourth-order valence-corrected chi connectivity index (χ4v) is 4.97. The molecule has 4 rings (SSSR count). The zero-order valence-corrected chi connectivity index (χ0v) is 24.8. The predicted molar refractivity (Wildman–Crippen MR) is 141 cm³/mol. The van der Waals surface area contributed by atoms with E-state index in [1.807, 2.05) is 19.5 Å². The molecule has 0 spiro atoms. The van der Waals surface area contributed by atoms with Crippen molar-refractivity contribution in [1.82, 2.24) is 19.8 Å². The molecule has 21 heteroatoms. The van der Waals surface area contributed by atoms with E-state index >= 15 is 0 Å². The lowest BCUT2D eigenvalue weighted by Gasteiger charge is -2.41. The summed E-state index contributed by atoms with van der Waals surface area (Å²) in [6.07, 6.45) is -9.98. The van der Waals surface area contributed by atoms with E-state index in [2.05, 4.69) is 44.2 Å². The molecule has 4 heterocycles. The maximum Gasteiger partial charge on any atom is 0.490 e. The van der Waals surface area contributed by atoms with Crippen molar-refractivity contribution in [3.05, 3.63) is 46.2 Å². The minimum absolute atomic E-state index is 0.376. The van der Waals surface area contributed by atoms with Crippen molar-refractivity contribution in [2.24, 2.45) is 5.92 Å². The normalized spacial score (nSPS) is 20.1. The summed E-state index contributed by atoms with van der Waals surface area (Å²) in [6, 6.07) is 4.82. The number of aromatic nitrogens is 2. The Morgan fingerprint density at radius 1 is 0.891 bits per heavy atom. The number of carboxylic acid groups (broad SMARTS) is 3.